The molecular formula is C33H30N4O9. The fraction of sp³-hybridized carbons (Fsp3) is 0.273. The number of aliphatic hydroxyl groups is 1. The van der Waals surface area contributed by atoms with Crippen LogP contribution in [-0.2, 0) is 49.2 Å². The van der Waals surface area contributed by atoms with E-state index in [-0.39, 0.29) is 61.6 Å². The summed E-state index contributed by atoms with van der Waals surface area (Å²) in [6.07, 6.45) is 0.0297. The van der Waals surface area contributed by atoms with E-state index in [0.717, 1.165) is 5.56 Å². The number of nitrogens with one attached hydrogen (secondary N) is 1. The van der Waals surface area contributed by atoms with Crippen molar-refractivity contribution in [2.45, 2.75) is 57.6 Å². The molecule has 0 saturated carbocycles. The number of anilines is 1. The number of carbonyl (C=O) groups excluding carboxylic acids is 3. The van der Waals surface area contributed by atoms with Crippen LogP contribution in [0.4, 0.5) is 5.69 Å². The summed E-state index contributed by atoms with van der Waals surface area (Å²) in [5.74, 6) is -2.86. The molecule has 2 aromatic carbocycles. The first-order valence-electron chi connectivity index (χ1n) is 14.6. The lowest BCUT2D eigenvalue weighted by molar-refractivity contribution is -0.172. The summed E-state index contributed by atoms with van der Waals surface area (Å²) in [5, 5.41) is 23.2. The Labute approximate surface area is 261 Å². The number of aromatic nitrogens is 2. The number of esters is 2. The van der Waals surface area contributed by atoms with Crippen molar-refractivity contribution >= 4 is 40.4 Å². The van der Waals surface area contributed by atoms with Crippen LogP contribution in [0.25, 0.3) is 22.3 Å². The molecule has 2 aliphatic rings. The zero-order chi connectivity index (χ0) is 32.7. The highest BCUT2D eigenvalue weighted by molar-refractivity contribution is 5.95. The van der Waals surface area contributed by atoms with E-state index in [9.17, 15) is 29.1 Å². The monoisotopic (exact) mass is 626 g/mol. The Balaban J connectivity index is 1.14. The third-order valence-electron chi connectivity index (χ3n) is 8.35. The van der Waals surface area contributed by atoms with Crippen molar-refractivity contribution in [3.8, 4) is 11.4 Å². The minimum absolute atomic E-state index is 0.0137. The van der Waals surface area contributed by atoms with Crippen molar-refractivity contribution in [1.29, 1.82) is 0 Å². The van der Waals surface area contributed by atoms with Crippen LogP contribution >= 0.6 is 0 Å². The van der Waals surface area contributed by atoms with E-state index >= 15 is 0 Å². The Bertz CT molecular complexity index is 1990. The summed E-state index contributed by atoms with van der Waals surface area (Å²) in [7, 11) is 0. The highest BCUT2D eigenvalue weighted by Gasteiger charge is 2.45. The van der Waals surface area contributed by atoms with E-state index in [4.69, 9.17) is 25.3 Å². The molecule has 1 unspecified atom stereocenters. The molecule has 0 aliphatic carbocycles. The lowest BCUT2D eigenvalue weighted by atomic mass is 9.86. The standard InChI is InChI=1S/C33H30N4O9/c1-2-33(44)23-13-26-28-20(14-37(26)29(39)22(23)16-46-32(33)43)12-19-11-18(5-9-25(19)36-28)31(42)45-15-17-3-6-21(7-4-17)35-27(38)10-8-24(34)30(40)41/h3-7,9,11-13,24,44H,2,8,10,14-16,34H2,1H3,(H,35,38)(H,40,41)/t24-,33?/m0/s1. The quantitative estimate of drug-likeness (QED) is 0.175. The molecule has 2 aromatic heterocycles. The van der Waals surface area contributed by atoms with Gasteiger partial charge in [-0.15, -0.1) is 0 Å². The molecule has 0 spiro atoms. The lowest BCUT2D eigenvalue weighted by Gasteiger charge is -2.31. The van der Waals surface area contributed by atoms with Gasteiger partial charge in [0.15, 0.2) is 5.60 Å². The molecular weight excluding hydrogens is 596 g/mol. The summed E-state index contributed by atoms with van der Waals surface area (Å²) in [5.41, 5.74) is 7.55. The number of aliphatic carboxylic acids is 1. The molecule has 5 N–H and O–H groups in total. The van der Waals surface area contributed by atoms with Gasteiger partial charge in [0.1, 0.15) is 19.3 Å². The molecule has 2 atom stereocenters. The van der Waals surface area contributed by atoms with Crippen LogP contribution in [0.2, 0.25) is 0 Å². The average Bonchev–Trinajstić information content (AvgIpc) is 3.41. The number of amides is 1. The Morgan fingerprint density at radius 3 is 2.61 bits per heavy atom. The summed E-state index contributed by atoms with van der Waals surface area (Å²) < 4.78 is 12.2. The van der Waals surface area contributed by atoms with Gasteiger partial charge in [-0.1, -0.05) is 19.1 Å². The zero-order valence-electron chi connectivity index (χ0n) is 24.7. The van der Waals surface area contributed by atoms with Crippen molar-refractivity contribution in [1.82, 2.24) is 9.55 Å². The highest BCUT2D eigenvalue weighted by Crippen LogP contribution is 2.38. The number of benzene rings is 2. The van der Waals surface area contributed by atoms with Crippen LogP contribution in [0.15, 0.2) is 59.4 Å². The third kappa shape index (κ3) is 5.50. The second-order valence-electron chi connectivity index (χ2n) is 11.3. The van der Waals surface area contributed by atoms with Crippen molar-refractivity contribution in [3.05, 3.63) is 92.8 Å². The van der Waals surface area contributed by atoms with Gasteiger partial charge in [0.25, 0.3) is 5.56 Å². The number of hydrogen-bond acceptors (Lipinski definition) is 10. The number of rotatable bonds is 9. The number of carboxylic acid groups (broad SMARTS) is 1. The first-order chi connectivity index (χ1) is 22.0. The second-order valence-corrected chi connectivity index (χ2v) is 11.3. The van der Waals surface area contributed by atoms with Crippen LogP contribution in [0, 0.1) is 0 Å². The average molecular weight is 627 g/mol. The Hall–Kier alpha value is -5.40. The summed E-state index contributed by atoms with van der Waals surface area (Å²) in [6, 6.07) is 14.0. The molecule has 4 aromatic rings. The predicted molar refractivity (Wildman–Crippen MR) is 164 cm³/mol. The smallest absolute Gasteiger partial charge is 0.343 e. The molecule has 0 fully saturated rings. The summed E-state index contributed by atoms with van der Waals surface area (Å²) >= 11 is 0. The van der Waals surface area contributed by atoms with Crippen molar-refractivity contribution in [2.75, 3.05) is 5.32 Å². The maximum absolute atomic E-state index is 13.4. The number of ether oxygens (including phenoxy) is 2. The van der Waals surface area contributed by atoms with E-state index in [1.165, 1.54) is 0 Å². The van der Waals surface area contributed by atoms with Gasteiger partial charge in [-0.25, -0.2) is 14.6 Å². The first kappa shape index (κ1) is 30.6. The van der Waals surface area contributed by atoms with Gasteiger partial charge in [-0.05, 0) is 60.9 Å². The Morgan fingerprint density at radius 2 is 1.89 bits per heavy atom. The molecule has 2 aliphatic heterocycles. The molecule has 6 rings (SSSR count). The van der Waals surface area contributed by atoms with Gasteiger partial charge in [0.05, 0.1) is 34.6 Å². The number of fused-ring (bicyclic) bond motifs is 5. The Kier molecular flexibility index (Phi) is 7.88. The van der Waals surface area contributed by atoms with Crippen molar-refractivity contribution in [3.63, 3.8) is 0 Å². The van der Waals surface area contributed by atoms with Crippen LogP contribution < -0.4 is 16.6 Å². The van der Waals surface area contributed by atoms with Crippen LogP contribution in [0.5, 0.6) is 0 Å². The molecule has 1 amide bonds. The van der Waals surface area contributed by atoms with Gasteiger partial charge >= 0.3 is 17.9 Å². The highest BCUT2D eigenvalue weighted by atomic mass is 16.6. The first-order valence-corrected chi connectivity index (χ1v) is 14.6. The Morgan fingerprint density at radius 1 is 1.13 bits per heavy atom. The molecule has 46 heavy (non-hydrogen) atoms. The second kappa shape index (κ2) is 11.8. The van der Waals surface area contributed by atoms with E-state index < -0.39 is 29.6 Å². The zero-order valence-corrected chi connectivity index (χ0v) is 24.7. The third-order valence-corrected chi connectivity index (χ3v) is 8.35. The van der Waals surface area contributed by atoms with Crippen molar-refractivity contribution < 1.29 is 38.9 Å². The molecule has 0 radical (unpaired) electrons. The maximum Gasteiger partial charge on any atom is 0.343 e. The van der Waals surface area contributed by atoms with Crippen LogP contribution in [0.3, 0.4) is 0 Å². The molecule has 0 saturated heterocycles. The molecule has 13 nitrogen and oxygen atoms in total. The van der Waals surface area contributed by atoms with Crippen LogP contribution in [-0.4, -0.2) is 49.6 Å². The van der Waals surface area contributed by atoms with Gasteiger partial charge < -0.3 is 35.3 Å². The molecule has 13 heteroatoms. The SMILES string of the molecule is CCC1(O)C(=O)OCc2c1cc1n(c2=O)Cc2cc3cc(C(=O)OCc4ccc(NC(=O)CC[C@H](N)C(=O)O)cc4)ccc3nc2-1. The van der Waals surface area contributed by atoms with Gasteiger partial charge in [0.2, 0.25) is 5.91 Å². The number of carbonyl (C=O) groups is 4. The van der Waals surface area contributed by atoms with Crippen molar-refractivity contribution in [2.24, 2.45) is 5.73 Å². The number of nitrogens with two attached hydrogens (primary N) is 1. The number of pyridine rings is 2. The maximum atomic E-state index is 13.4. The summed E-state index contributed by atoms with van der Waals surface area (Å²) in [4.78, 5) is 66.3. The van der Waals surface area contributed by atoms with Gasteiger partial charge in [-0.3, -0.25) is 14.4 Å². The largest absolute Gasteiger partial charge is 0.480 e. The number of hydrogen-bond donors (Lipinski definition) is 4. The van der Waals surface area contributed by atoms with Gasteiger partial charge in [-0.2, -0.15) is 0 Å². The van der Waals surface area contributed by atoms with Gasteiger partial charge in [0, 0.05) is 28.6 Å². The van der Waals surface area contributed by atoms with E-state index in [0.29, 0.717) is 39.1 Å². The topological polar surface area (TPSA) is 200 Å². The lowest BCUT2D eigenvalue weighted by Crippen LogP contribution is -2.44. The fourth-order valence-corrected chi connectivity index (χ4v) is 5.66. The normalized spacial score (nSPS) is 17.0. The van der Waals surface area contributed by atoms with E-state index in [1.807, 2.05) is 6.07 Å². The molecule has 236 valence electrons. The fourth-order valence-electron chi connectivity index (χ4n) is 5.66. The molecule has 0 bridgehead atoms. The minimum Gasteiger partial charge on any atom is -0.480 e. The summed E-state index contributed by atoms with van der Waals surface area (Å²) in [6.45, 7) is 1.66. The van der Waals surface area contributed by atoms with E-state index in [2.05, 4.69) is 5.32 Å². The van der Waals surface area contributed by atoms with E-state index in [1.54, 1.807) is 60.0 Å². The van der Waals surface area contributed by atoms with Crippen LogP contribution in [0.1, 0.15) is 58.8 Å². The number of cyclic esters (lactones) is 1. The predicted octanol–water partition coefficient (Wildman–Crippen LogP) is 2.57. The molecule has 4 heterocycles. The minimum atomic E-state index is -1.91. The number of nitrogens with zero attached hydrogens (tertiary/aromatic N) is 2. The number of carboxylic acids is 1.